The Kier molecular flexibility index (Phi) is 4.31. The maximum Gasteiger partial charge on any atom is 0.251 e. The molecule has 112 valence electrons. The second-order valence-electron chi connectivity index (χ2n) is 5.04. The molecule has 2 heterocycles. The summed E-state index contributed by atoms with van der Waals surface area (Å²) < 4.78 is 0.904. The lowest BCUT2D eigenvalue weighted by Crippen LogP contribution is -2.38. The molecule has 3 rings (SSSR count). The zero-order valence-electron chi connectivity index (χ0n) is 11.7. The van der Waals surface area contributed by atoms with E-state index >= 15 is 0 Å². The van der Waals surface area contributed by atoms with Crippen LogP contribution in [0.25, 0.3) is 0 Å². The summed E-state index contributed by atoms with van der Waals surface area (Å²) in [5.74, 6) is -0.396. The van der Waals surface area contributed by atoms with Crippen molar-refractivity contribution in [2.45, 2.75) is 19.0 Å². The van der Waals surface area contributed by atoms with Crippen LogP contribution in [-0.4, -0.2) is 22.8 Å². The lowest BCUT2D eigenvalue weighted by atomic mass is 10.2. The molecule has 0 aliphatic carbocycles. The highest BCUT2D eigenvalue weighted by molar-refractivity contribution is 9.10. The van der Waals surface area contributed by atoms with Gasteiger partial charge in [0.15, 0.2) is 0 Å². The summed E-state index contributed by atoms with van der Waals surface area (Å²) in [6, 6.07) is 10.4. The van der Waals surface area contributed by atoms with E-state index in [-0.39, 0.29) is 18.2 Å². The fraction of sp³-hybridized carbons (Fsp3) is 0.188. The minimum Gasteiger partial charge on any atom is -0.301 e. The Morgan fingerprint density at radius 2 is 2.00 bits per heavy atom. The maximum absolute atomic E-state index is 12.4. The highest BCUT2D eigenvalue weighted by atomic mass is 79.9. The second kappa shape index (κ2) is 6.37. The molecule has 5 nitrogen and oxygen atoms in total. The van der Waals surface area contributed by atoms with Crippen molar-refractivity contribution < 1.29 is 9.59 Å². The number of carbonyl (C=O) groups excluding carboxylic acids is 2. The molecule has 1 fully saturated rings. The number of nitrogens with one attached hydrogen (secondary N) is 1. The van der Waals surface area contributed by atoms with Gasteiger partial charge in [0.2, 0.25) is 5.91 Å². The third-order valence-corrected chi connectivity index (χ3v) is 4.04. The monoisotopic (exact) mass is 359 g/mol. The van der Waals surface area contributed by atoms with Gasteiger partial charge in [-0.1, -0.05) is 22.0 Å². The number of hydrogen-bond acceptors (Lipinski definition) is 4. The molecule has 0 radical (unpaired) electrons. The molecule has 1 atom stereocenters. The topological polar surface area (TPSA) is 62.3 Å². The molecule has 1 aliphatic heterocycles. The van der Waals surface area contributed by atoms with Gasteiger partial charge >= 0.3 is 0 Å². The minimum absolute atomic E-state index is 0.176. The Morgan fingerprint density at radius 1 is 1.23 bits per heavy atom. The van der Waals surface area contributed by atoms with Gasteiger partial charge in [-0.2, -0.15) is 0 Å². The van der Waals surface area contributed by atoms with Gasteiger partial charge in [0.25, 0.3) is 5.91 Å². The number of hydrogen-bond donors (Lipinski definition) is 1. The zero-order valence-corrected chi connectivity index (χ0v) is 13.3. The first kappa shape index (κ1) is 14.9. The van der Waals surface area contributed by atoms with Crippen LogP contribution in [-0.2, 0) is 16.1 Å². The average molecular weight is 360 g/mol. The average Bonchev–Trinajstić information content (AvgIpc) is 2.82. The largest absolute Gasteiger partial charge is 0.301 e. The van der Waals surface area contributed by atoms with E-state index in [0.717, 1.165) is 10.0 Å². The lowest BCUT2D eigenvalue weighted by molar-refractivity contribution is -0.121. The number of halogens is 1. The Labute approximate surface area is 136 Å². The van der Waals surface area contributed by atoms with Crippen molar-refractivity contribution in [2.24, 2.45) is 0 Å². The van der Waals surface area contributed by atoms with Gasteiger partial charge in [-0.25, -0.2) is 4.90 Å². The Bertz CT molecular complexity index is 688. The summed E-state index contributed by atoms with van der Waals surface area (Å²) in [7, 11) is 0. The lowest BCUT2D eigenvalue weighted by Gasteiger charge is -2.15. The van der Waals surface area contributed by atoms with Gasteiger partial charge in [0.05, 0.1) is 18.2 Å². The number of carbonyl (C=O) groups is 2. The van der Waals surface area contributed by atoms with E-state index in [2.05, 4.69) is 26.2 Å². The molecule has 0 spiro atoms. The molecule has 6 heteroatoms. The van der Waals surface area contributed by atoms with E-state index in [1.165, 1.54) is 4.90 Å². The number of anilines is 1. The fourth-order valence-corrected chi connectivity index (χ4v) is 2.66. The van der Waals surface area contributed by atoms with Crippen molar-refractivity contribution in [3.63, 3.8) is 0 Å². The van der Waals surface area contributed by atoms with Crippen LogP contribution in [0.2, 0.25) is 0 Å². The molecule has 0 bridgehead atoms. The first-order valence-electron chi connectivity index (χ1n) is 6.90. The molecular weight excluding hydrogens is 346 g/mol. The molecule has 2 amide bonds. The van der Waals surface area contributed by atoms with E-state index in [0.29, 0.717) is 12.2 Å². The SMILES string of the molecule is O=C1C[C@@H](NCc2cccnc2)C(=O)N1c1ccc(Br)cc1. The first-order chi connectivity index (χ1) is 10.6. The van der Waals surface area contributed by atoms with E-state index in [1.54, 1.807) is 24.5 Å². The number of amides is 2. The summed E-state index contributed by atoms with van der Waals surface area (Å²) in [5, 5.41) is 3.13. The van der Waals surface area contributed by atoms with Crippen molar-refractivity contribution in [2.75, 3.05) is 4.90 Å². The number of pyridine rings is 1. The van der Waals surface area contributed by atoms with Crippen molar-refractivity contribution >= 4 is 33.4 Å². The first-order valence-corrected chi connectivity index (χ1v) is 7.69. The number of imide groups is 1. The van der Waals surface area contributed by atoms with Crippen molar-refractivity contribution in [3.05, 3.63) is 58.8 Å². The third kappa shape index (κ3) is 3.08. The van der Waals surface area contributed by atoms with E-state index < -0.39 is 6.04 Å². The van der Waals surface area contributed by atoms with Crippen molar-refractivity contribution in [3.8, 4) is 0 Å². The van der Waals surface area contributed by atoms with Gasteiger partial charge < -0.3 is 5.32 Å². The normalized spacial score (nSPS) is 18.0. The van der Waals surface area contributed by atoms with Gasteiger partial charge in [-0.15, -0.1) is 0 Å². The smallest absolute Gasteiger partial charge is 0.251 e. The van der Waals surface area contributed by atoms with Gasteiger partial charge in [-0.3, -0.25) is 14.6 Å². The predicted octanol–water partition coefficient (Wildman–Crippen LogP) is 2.27. The maximum atomic E-state index is 12.4. The Morgan fingerprint density at radius 3 is 2.68 bits per heavy atom. The molecule has 1 aromatic carbocycles. The van der Waals surface area contributed by atoms with Crippen LogP contribution in [0.4, 0.5) is 5.69 Å². The summed E-state index contributed by atoms with van der Waals surface area (Å²) in [6.07, 6.45) is 3.61. The Balaban J connectivity index is 1.70. The number of aromatic nitrogens is 1. The van der Waals surface area contributed by atoms with Crippen LogP contribution < -0.4 is 10.2 Å². The number of rotatable bonds is 4. The van der Waals surface area contributed by atoms with E-state index in [9.17, 15) is 9.59 Å². The molecule has 1 aliphatic rings. The zero-order chi connectivity index (χ0) is 15.5. The molecule has 1 aromatic heterocycles. The third-order valence-electron chi connectivity index (χ3n) is 3.51. The van der Waals surface area contributed by atoms with Crippen LogP contribution in [0.5, 0.6) is 0 Å². The van der Waals surface area contributed by atoms with Crippen molar-refractivity contribution in [1.82, 2.24) is 10.3 Å². The minimum atomic E-state index is -0.489. The highest BCUT2D eigenvalue weighted by Crippen LogP contribution is 2.24. The summed E-state index contributed by atoms with van der Waals surface area (Å²) in [4.78, 5) is 29.8. The molecule has 1 N–H and O–H groups in total. The highest BCUT2D eigenvalue weighted by Gasteiger charge is 2.39. The quantitative estimate of drug-likeness (QED) is 0.850. The molecule has 0 saturated carbocycles. The van der Waals surface area contributed by atoms with E-state index in [4.69, 9.17) is 0 Å². The summed E-state index contributed by atoms with van der Waals surface area (Å²) in [6.45, 7) is 0.506. The van der Waals surface area contributed by atoms with E-state index in [1.807, 2.05) is 24.3 Å². The van der Waals surface area contributed by atoms with Crippen LogP contribution in [0, 0.1) is 0 Å². The van der Waals surface area contributed by atoms with Crippen LogP contribution in [0.3, 0.4) is 0 Å². The number of nitrogens with zero attached hydrogens (tertiary/aromatic N) is 2. The summed E-state index contributed by atoms with van der Waals surface area (Å²) >= 11 is 3.34. The van der Waals surface area contributed by atoms with Crippen LogP contribution in [0.15, 0.2) is 53.3 Å². The fourth-order valence-electron chi connectivity index (χ4n) is 2.40. The Hall–Kier alpha value is -2.05. The predicted molar refractivity (Wildman–Crippen MR) is 86.1 cm³/mol. The standard InChI is InChI=1S/C16H14BrN3O2/c17-12-3-5-13(6-4-12)20-15(21)8-14(16(20)22)19-10-11-2-1-7-18-9-11/h1-7,9,14,19H,8,10H2/t14-/m1/s1. The van der Waals surface area contributed by atoms with Gasteiger partial charge in [0, 0.05) is 23.4 Å². The van der Waals surface area contributed by atoms with Crippen LogP contribution in [0.1, 0.15) is 12.0 Å². The molecule has 0 unspecified atom stereocenters. The molecule has 1 saturated heterocycles. The van der Waals surface area contributed by atoms with Gasteiger partial charge in [-0.05, 0) is 35.9 Å². The van der Waals surface area contributed by atoms with Gasteiger partial charge in [0.1, 0.15) is 0 Å². The number of benzene rings is 1. The summed E-state index contributed by atoms with van der Waals surface area (Å²) in [5.41, 5.74) is 1.58. The molecule has 2 aromatic rings. The molecule has 22 heavy (non-hydrogen) atoms. The van der Waals surface area contributed by atoms with Crippen LogP contribution >= 0.6 is 15.9 Å². The molecular formula is C16H14BrN3O2. The second-order valence-corrected chi connectivity index (χ2v) is 5.96. The van der Waals surface area contributed by atoms with Crippen molar-refractivity contribution in [1.29, 1.82) is 0 Å².